The Labute approximate surface area is 95.7 Å². The Bertz CT molecular complexity index is 213. The van der Waals surface area contributed by atoms with E-state index in [1.807, 2.05) is 19.2 Å². The van der Waals surface area contributed by atoms with Crippen molar-refractivity contribution in [3.63, 3.8) is 0 Å². The van der Waals surface area contributed by atoms with E-state index in [2.05, 4.69) is 46.0 Å². The molecular formula is C14H27N. The van der Waals surface area contributed by atoms with E-state index in [1.165, 1.54) is 12.1 Å². The van der Waals surface area contributed by atoms with Crippen molar-refractivity contribution in [1.29, 1.82) is 0 Å². The average Bonchev–Trinajstić information content (AvgIpc) is 2.18. The van der Waals surface area contributed by atoms with E-state index >= 15 is 0 Å². The minimum absolute atomic E-state index is 0.614. The second-order valence-corrected chi connectivity index (χ2v) is 4.75. The highest BCUT2D eigenvalue weighted by Crippen LogP contribution is 2.23. The van der Waals surface area contributed by atoms with E-state index in [-0.39, 0.29) is 0 Å². The summed E-state index contributed by atoms with van der Waals surface area (Å²) in [4.78, 5) is 0. The molecule has 0 spiro atoms. The van der Waals surface area contributed by atoms with E-state index in [9.17, 15) is 0 Å². The molecule has 2 unspecified atom stereocenters. The average molecular weight is 209 g/mol. The predicted octanol–water partition coefficient (Wildman–Crippen LogP) is 4.33. The van der Waals surface area contributed by atoms with E-state index in [0.717, 1.165) is 11.8 Å². The smallest absolute Gasteiger partial charge is 0.0132 e. The number of allylic oxidation sites excluding steroid dienone is 3. The molecule has 0 aromatic heterocycles. The molecule has 0 aromatic carbocycles. The summed E-state index contributed by atoms with van der Waals surface area (Å²) in [5, 5.41) is 3.34. The molecule has 15 heavy (non-hydrogen) atoms. The maximum atomic E-state index is 3.34. The van der Waals surface area contributed by atoms with Crippen LogP contribution in [0.4, 0.5) is 0 Å². The molecule has 0 amide bonds. The third-order valence-electron chi connectivity index (χ3n) is 3.12. The van der Waals surface area contributed by atoms with E-state index in [1.54, 1.807) is 0 Å². The molecule has 0 saturated heterocycles. The Morgan fingerprint density at radius 1 is 1.13 bits per heavy atom. The first-order chi connectivity index (χ1) is 7.02. The van der Waals surface area contributed by atoms with Gasteiger partial charge in [-0.2, -0.15) is 0 Å². The predicted molar refractivity (Wildman–Crippen MR) is 69.5 cm³/mol. The summed E-state index contributed by atoms with van der Waals surface area (Å²) in [6.07, 6.45) is 7.47. The fourth-order valence-electron chi connectivity index (χ4n) is 1.65. The van der Waals surface area contributed by atoms with Gasteiger partial charge in [-0.3, -0.25) is 0 Å². The third kappa shape index (κ3) is 5.66. The maximum absolute atomic E-state index is 3.34. The molecule has 0 bridgehead atoms. The largest absolute Gasteiger partial charge is 0.365 e. The second kappa shape index (κ2) is 7.56. The summed E-state index contributed by atoms with van der Waals surface area (Å²) in [6.45, 7) is 13.4. The van der Waals surface area contributed by atoms with Gasteiger partial charge in [0, 0.05) is 5.70 Å². The highest BCUT2D eigenvalue weighted by atomic mass is 14.9. The van der Waals surface area contributed by atoms with Crippen LogP contribution in [0.5, 0.6) is 0 Å². The van der Waals surface area contributed by atoms with Crippen molar-refractivity contribution >= 4 is 0 Å². The molecule has 1 heteroatoms. The molecule has 0 aliphatic carbocycles. The van der Waals surface area contributed by atoms with Gasteiger partial charge >= 0.3 is 0 Å². The zero-order valence-electron chi connectivity index (χ0n) is 11.2. The molecule has 0 rings (SSSR count). The lowest BCUT2D eigenvalue weighted by Gasteiger charge is -2.22. The molecule has 1 nitrogen and oxygen atoms in total. The Morgan fingerprint density at radius 3 is 2.13 bits per heavy atom. The quantitative estimate of drug-likeness (QED) is 0.686. The molecule has 2 atom stereocenters. The van der Waals surface area contributed by atoms with Crippen LogP contribution >= 0.6 is 0 Å². The van der Waals surface area contributed by atoms with Gasteiger partial charge in [0.05, 0.1) is 0 Å². The van der Waals surface area contributed by atoms with Gasteiger partial charge in [0.25, 0.3) is 0 Å². The first kappa shape index (κ1) is 14.3. The Balaban J connectivity index is 4.22. The molecular weight excluding hydrogens is 182 g/mol. The normalized spacial score (nSPS) is 17.1. The second-order valence-electron chi connectivity index (χ2n) is 4.75. The Hall–Kier alpha value is -0.720. The molecule has 0 saturated carbocycles. The van der Waals surface area contributed by atoms with Crippen LogP contribution in [0.25, 0.3) is 0 Å². The Morgan fingerprint density at radius 2 is 1.73 bits per heavy atom. The van der Waals surface area contributed by atoms with Crippen LogP contribution in [0.3, 0.4) is 0 Å². The first-order valence-corrected chi connectivity index (χ1v) is 6.06. The number of hydrogen-bond acceptors (Lipinski definition) is 1. The van der Waals surface area contributed by atoms with E-state index in [0.29, 0.717) is 5.92 Å². The summed E-state index contributed by atoms with van der Waals surface area (Å²) in [6, 6.07) is 0. The van der Waals surface area contributed by atoms with Crippen molar-refractivity contribution < 1.29 is 0 Å². The fraction of sp³-hybridized carbons (Fsp3) is 0.714. The van der Waals surface area contributed by atoms with Crippen molar-refractivity contribution in [3.8, 4) is 0 Å². The number of rotatable bonds is 6. The zero-order chi connectivity index (χ0) is 11.8. The van der Waals surface area contributed by atoms with Gasteiger partial charge in [-0.15, -0.1) is 0 Å². The third-order valence-corrected chi connectivity index (χ3v) is 3.12. The van der Waals surface area contributed by atoms with Gasteiger partial charge in [-0.1, -0.05) is 39.8 Å². The number of nitrogens with one attached hydrogen (secondary N) is 1. The van der Waals surface area contributed by atoms with Gasteiger partial charge in [-0.05, 0) is 44.2 Å². The van der Waals surface area contributed by atoms with Gasteiger partial charge in [0.2, 0.25) is 0 Å². The highest BCUT2D eigenvalue weighted by Gasteiger charge is 2.14. The van der Waals surface area contributed by atoms with Gasteiger partial charge in [-0.25, -0.2) is 0 Å². The van der Waals surface area contributed by atoms with Crippen LogP contribution in [-0.4, -0.2) is 0 Å². The fourth-order valence-corrected chi connectivity index (χ4v) is 1.65. The Kier molecular flexibility index (Phi) is 7.19. The summed E-state index contributed by atoms with van der Waals surface area (Å²) in [5.74, 6) is 2.17. The van der Waals surface area contributed by atoms with E-state index < -0.39 is 0 Å². The lowest BCUT2D eigenvalue weighted by molar-refractivity contribution is 0.348. The SMILES string of the molecule is C/C=C\N/C(=C\C)C(C)CC(C)C(C)C. The molecule has 0 aliphatic rings. The van der Waals surface area contributed by atoms with Crippen LogP contribution in [0, 0.1) is 17.8 Å². The van der Waals surface area contributed by atoms with Crippen molar-refractivity contribution in [2.45, 2.75) is 48.0 Å². The van der Waals surface area contributed by atoms with Crippen LogP contribution in [-0.2, 0) is 0 Å². The van der Waals surface area contributed by atoms with Gasteiger partial charge in [0.1, 0.15) is 0 Å². The molecule has 0 heterocycles. The summed E-state index contributed by atoms with van der Waals surface area (Å²) in [5.41, 5.74) is 1.33. The topological polar surface area (TPSA) is 12.0 Å². The van der Waals surface area contributed by atoms with Crippen LogP contribution in [0.15, 0.2) is 24.0 Å². The molecule has 88 valence electrons. The van der Waals surface area contributed by atoms with Crippen molar-refractivity contribution in [3.05, 3.63) is 24.0 Å². The van der Waals surface area contributed by atoms with E-state index in [4.69, 9.17) is 0 Å². The summed E-state index contributed by atoms with van der Waals surface area (Å²) in [7, 11) is 0. The van der Waals surface area contributed by atoms with Gasteiger partial charge in [0.15, 0.2) is 0 Å². The standard InChI is InChI=1S/C14H27N/c1-7-9-15-14(8-2)13(6)10-12(5)11(3)4/h7-9,11-13,15H,10H2,1-6H3/b9-7-,14-8-. The maximum Gasteiger partial charge on any atom is 0.0132 e. The summed E-state index contributed by atoms with van der Waals surface area (Å²) >= 11 is 0. The summed E-state index contributed by atoms with van der Waals surface area (Å²) < 4.78 is 0. The highest BCUT2D eigenvalue weighted by molar-refractivity contribution is 5.05. The lowest BCUT2D eigenvalue weighted by Crippen LogP contribution is -2.17. The molecule has 1 N–H and O–H groups in total. The zero-order valence-corrected chi connectivity index (χ0v) is 11.2. The van der Waals surface area contributed by atoms with Crippen LogP contribution in [0.1, 0.15) is 48.0 Å². The molecule has 0 radical (unpaired) electrons. The van der Waals surface area contributed by atoms with Gasteiger partial charge < -0.3 is 5.32 Å². The first-order valence-electron chi connectivity index (χ1n) is 6.06. The lowest BCUT2D eigenvalue weighted by atomic mass is 9.87. The minimum atomic E-state index is 0.614. The minimum Gasteiger partial charge on any atom is -0.365 e. The van der Waals surface area contributed by atoms with Crippen molar-refractivity contribution in [2.75, 3.05) is 0 Å². The van der Waals surface area contributed by atoms with Crippen molar-refractivity contribution in [1.82, 2.24) is 5.32 Å². The molecule has 0 aromatic rings. The number of hydrogen-bond donors (Lipinski definition) is 1. The molecule has 0 fully saturated rings. The molecule has 0 aliphatic heterocycles. The van der Waals surface area contributed by atoms with Crippen LogP contribution < -0.4 is 5.32 Å². The van der Waals surface area contributed by atoms with Crippen LogP contribution in [0.2, 0.25) is 0 Å². The van der Waals surface area contributed by atoms with Crippen molar-refractivity contribution in [2.24, 2.45) is 17.8 Å². The monoisotopic (exact) mass is 209 g/mol.